The molecule has 0 spiro atoms. The first-order valence-corrected chi connectivity index (χ1v) is 10.1. The zero-order valence-corrected chi connectivity index (χ0v) is 15.1. The lowest BCUT2D eigenvalue weighted by Gasteiger charge is -2.31. The van der Waals surface area contributed by atoms with Gasteiger partial charge in [0, 0.05) is 18.1 Å². The summed E-state index contributed by atoms with van der Waals surface area (Å²) >= 11 is 0. The minimum atomic E-state index is -3.31. The van der Waals surface area contributed by atoms with Crippen LogP contribution in [-0.4, -0.2) is 50.5 Å². The fourth-order valence-electron chi connectivity index (χ4n) is 2.75. The van der Waals surface area contributed by atoms with Crippen LogP contribution in [0, 0.1) is 11.7 Å². The Bertz CT molecular complexity index is 828. The maximum atomic E-state index is 12.9. The molecule has 26 heavy (non-hydrogen) atoms. The van der Waals surface area contributed by atoms with Crippen LogP contribution in [0.3, 0.4) is 0 Å². The molecule has 2 heterocycles. The highest BCUT2D eigenvalue weighted by Gasteiger charge is 2.28. The zero-order chi connectivity index (χ0) is 18.6. The van der Waals surface area contributed by atoms with E-state index < -0.39 is 15.8 Å². The van der Waals surface area contributed by atoms with Gasteiger partial charge in [-0.2, -0.15) is 0 Å². The molecule has 0 bridgehead atoms. The van der Waals surface area contributed by atoms with Gasteiger partial charge in [0.1, 0.15) is 5.75 Å². The third-order valence-corrected chi connectivity index (χ3v) is 4.79. The van der Waals surface area contributed by atoms with Gasteiger partial charge in [0.15, 0.2) is 11.6 Å². The Balaban J connectivity index is 1.61. The molecule has 1 saturated heterocycles. The van der Waals surface area contributed by atoms with Crippen LogP contribution in [0.15, 0.2) is 36.7 Å². The van der Waals surface area contributed by atoms with Crippen molar-refractivity contribution in [3.05, 3.63) is 42.5 Å². The Morgan fingerprint density at radius 3 is 2.62 bits per heavy atom. The standard InChI is InChI=1S/C17H20FN3O4S/c1-26(22,23)21-16-11-24-7-6-13(16)10-25-15-4-2-12(3-5-15)17-19-8-14(18)9-20-17/h2-5,8-9,13,16,21H,6-7,10-11H2,1H3/t13-,16+/m1/s1. The molecule has 1 aromatic carbocycles. The highest BCUT2D eigenvalue weighted by Crippen LogP contribution is 2.22. The van der Waals surface area contributed by atoms with Crippen LogP contribution in [0.4, 0.5) is 4.39 Å². The Kier molecular flexibility index (Phi) is 5.80. The van der Waals surface area contributed by atoms with Crippen molar-refractivity contribution in [3.63, 3.8) is 0 Å². The Morgan fingerprint density at radius 2 is 1.96 bits per heavy atom. The van der Waals surface area contributed by atoms with E-state index in [9.17, 15) is 12.8 Å². The molecular formula is C17H20FN3O4S. The van der Waals surface area contributed by atoms with Gasteiger partial charge < -0.3 is 9.47 Å². The molecular weight excluding hydrogens is 361 g/mol. The summed E-state index contributed by atoms with van der Waals surface area (Å²) in [5, 5.41) is 0. The van der Waals surface area contributed by atoms with Gasteiger partial charge in [0.2, 0.25) is 10.0 Å². The first-order valence-electron chi connectivity index (χ1n) is 8.16. The number of hydrogen-bond donors (Lipinski definition) is 1. The van der Waals surface area contributed by atoms with E-state index in [4.69, 9.17) is 9.47 Å². The number of benzene rings is 1. The molecule has 2 aromatic rings. The van der Waals surface area contributed by atoms with E-state index in [2.05, 4.69) is 14.7 Å². The highest BCUT2D eigenvalue weighted by atomic mass is 32.2. The van der Waals surface area contributed by atoms with Crippen molar-refractivity contribution in [1.82, 2.24) is 14.7 Å². The molecule has 2 atom stereocenters. The average molecular weight is 381 g/mol. The largest absolute Gasteiger partial charge is 0.493 e. The third-order valence-electron chi connectivity index (χ3n) is 4.06. The quantitative estimate of drug-likeness (QED) is 0.818. The van der Waals surface area contributed by atoms with Crippen molar-refractivity contribution in [1.29, 1.82) is 0 Å². The third kappa shape index (κ3) is 5.20. The first-order chi connectivity index (χ1) is 12.4. The maximum absolute atomic E-state index is 12.9. The second-order valence-corrected chi connectivity index (χ2v) is 7.96. The van der Waals surface area contributed by atoms with E-state index in [-0.39, 0.29) is 12.0 Å². The predicted molar refractivity (Wildman–Crippen MR) is 93.6 cm³/mol. The summed E-state index contributed by atoms with van der Waals surface area (Å²) in [6, 6.07) is 6.84. The molecule has 0 amide bonds. The van der Waals surface area contributed by atoms with Gasteiger partial charge in [-0.15, -0.1) is 0 Å². The normalized spacial score (nSPS) is 20.7. The second-order valence-electron chi connectivity index (χ2n) is 6.18. The average Bonchev–Trinajstić information content (AvgIpc) is 2.61. The maximum Gasteiger partial charge on any atom is 0.209 e. The van der Waals surface area contributed by atoms with Crippen molar-refractivity contribution < 1.29 is 22.3 Å². The number of nitrogens with one attached hydrogen (secondary N) is 1. The van der Waals surface area contributed by atoms with Crippen molar-refractivity contribution in [2.24, 2.45) is 5.92 Å². The van der Waals surface area contributed by atoms with Crippen molar-refractivity contribution in [2.45, 2.75) is 12.5 Å². The van der Waals surface area contributed by atoms with Gasteiger partial charge in [0.05, 0.1) is 37.9 Å². The highest BCUT2D eigenvalue weighted by molar-refractivity contribution is 7.88. The lowest BCUT2D eigenvalue weighted by molar-refractivity contribution is 0.0275. The minimum absolute atomic E-state index is 0.0265. The molecule has 0 unspecified atom stereocenters. The van der Waals surface area contributed by atoms with E-state index in [0.29, 0.717) is 37.8 Å². The fourth-order valence-corrected chi connectivity index (χ4v) is 3.56. The lowest BCUT2D eigenvalue weighted by atomic mass is 9.97. The van der Waals surface area contributed by atoms with E-state index in [1.165, 1.54) is 0 Å². The summed E-state index contributed by atoms with van der Waals surface area (Å²) in [7, 11) is -3.31. The number of rotatable bonds is 6. The number of halogens is 1. The zero-order valence-electron chi connectivity index (χ0n) is 14.3. The summed E-state index contributed by atoms with van der Waals surface area (Å²) in [5.41, 5.74) is 0.750. The number of ether oxygens (including phenoxy) is 2. The summed E-state index contributed by atoms with van der Waals surface area (Å²) in [6.45, 7) is 1.29. The van der Waals surface area contributed by atoms with Crippen LogP contribution >= 0.6 is 0 Å². The topological polar surface area (TPSA) is 90.4 Å². The molecule has 0 saturated carbocycles. The summed E-state index contributed by atoms with van der Waals surface area (Å²) in [6.07, 6.45) is 4.09. The van der Waals surface area contributed by atoms with Crippen LogP contribution in [0.2, 0.25) is 0 Å². The molecule has 1 N–H and O–H groups in total. The van der Waals surface area contributed by atoms with Crippen LogP contribution < -0.4 is 9.46 Å². The van der Waals surface area contributed by atoms with Crippen LogP contribution in [-0.2, 0) is 14.8 Å². The van der Waals surface area contributed by atoms with Gasteiger partial charge in [0.25, 0.3) is 0 Å². The van der Waals surface area contributed by atoms with E-state index in [1.54, 1.807) is 24.3 Å². The molecule has 0 aliphatic carbocycles. The monoisotopic (exact) mass is 381 g/mol. The second kappa shape index (κ2) is 8.07. The molecule has 7 nitrogen and oxygen atoms in total. The van der Waals surface area contributed by atoms with E-state index in [0.717, 1.165) is 24.2 Å². The fraction of sp³-hybridized carbons (Fsp3) is 0.412. The molecule has 1 aromatic heterocycles. The molecule has 3 rings (SSSR count). The van der Waals surface area contributed by atoms with E-state index in [1.807, 2.05) is 0 Å². The molecule has 1 fully saturated rings. The smallest absolute Gasteiger partial charge is 0.209 e. The Labute approximate surface area is 151 Å². The van der Waals surface area contributed by atoms with E-state index >= 15 is 0 Å². The summed E-state index contributed by atoms with van der Waals surface area (Å²) in [4.78, 5) is 7.87. The Hall–Kier alpha value is -2.10. The molecule has 9 heteroatoms. The Morgan fingerprint density at radius 1 is 1.27 bits per heavy atom. The minimum Gasteiger partial charge on any atom is -0.493 e. The first kappa shape index (κ1) is 18.7. The molecule has 140 valence electrons. The van der Waals surface area contributed by atoms with Crippen molar-refractivity contribution in [3.8, 4) is 17.1 Å². The van der Waals surface area contributed by atoms with Crippen LogP contribution in [0.1, 0.15) is 6.42 Å². The summed E-state index contributed by atoms with van der Waals surface area (Å²) < 4.78 is 49.6. The number of aromatic nitrogens is 2. The van der Waals surface area contributed by atoms with Gasteiger partial charge >= 0.3 is 0 Å². The molecule has 0 radical (unpaired) electrons. The number of hydrogen-bond acceptors (Lipinski definition) is 6. The SMILES string of the molecule is CS(=O)(=O)N[C@H]1COCC[C@@H]1COc1ccc(-c2ncc(F)cn2)cc1. The molecule has 1 aliphatic heterocycles. The lowest BCUT2D eigenvalue weighted by Crippen LogP contribution is -2.48. The van der Waals surface area contributed by atoms with Gasteiger partial charge in [-0.05, 0) is 30.7 Å². The van der Waals surface area contributed by atoms with Crippen molar-refractivity contribution >= 4 is 10.0 Å². The van der Waals surface area contributed by atoms with Crippen LogP contribution in [0.25, 0.3) is 11.4 Å². The predicted octanol–water partition coefficient (Wildman–Crippen LogP) is 1.62. The number of nitrogens with zero attached hydrogens (tertiary/aromatic N) is 2. The van der Waals surface area contributed by atoms with Crippen molar-refractivity contribution in [2.75, 3.05) is 26.1 Å². The van der Waals surface area contributed by atoms with Gasteiger partial charge in [-0.1, -0.05) is 0 Å². The number of sulfonamides is 1. The summed E-state index contributed by atoms with van der Waals surface area (Å²) in [5.74, 6) is 0.626. The van der Waals surface area contributed by atoms with Crippen LogP contribution in [0.5, 0.6) is 5.75 Å². The van der Waals surface area contributed by atoms with Gasteiger partial charge in [-0.3, -0.25) is 0 Å². The van der Waals surface area contributed by atoms with Gasteiger partial charge in [-0.25, -0.2) is 27.5 Å². The molecule has 1 aliphatic rings.